The number of fused-ring (bicyclic) bond motifs is 1. The van der Waals surface area contributed by atoms with Crippen molar-refractivity contribution in [2.24, 2.45) is 0 Å². The van der Waals surface area contributed by atoms with Crippen LogP contribution in [0.3, 0.4) is 0 Å². The van der Waals surface area contributed by atoms with Crippen LogP contribution < -0.4 is 11.0 Å². The molecule has 140 valence electrons. The summed E-state index contributed by atoms with van der Waals surface area (Å²) in [5.74, 6) is -0.457. The molecule has 0 fully saturated rings. The molecule has 0 spiro atoms. The lowest BCUT2D eigenvalue weighted by molar-refractivity contribution is -0.143. The van der Waals surface area contributed by atoms with Crippen LogP contribution in [0.2, 0.25) is 0 Å². The highest BCUT2D eigenvalue weighted by molar-refractivity contribution is 5.93. The van der Waals surface area contributed by atoms with Gasteiger partial charge in [-0.3, -0.25) is 15.1 Å². The van der Waals surface area contributed by atoms with Gasteiger partial charge in [-0.1, -0.05) is 30.3 Å². The zero-order chi connectivity index (χ0) is 19.2. The summed E-state index contributed by atoms with van der Waals surface area (Å²) in [5.41, 5.74) is 0.479. The van der Waals surface area contributed by atoms with E-state index in [1.165, 1.54) is 10.9 Å². The molecule has 0 radical (unpaired) electrons. The quantitative estimate of drug-likeness (QED) is 0.627. The predicted octanol–water partition coefficient (Wildman–Crippen LogP) is 1.43. The second-order valence-electron chi connectivity index (χ2n) is 5.45. The molecule has 1 aromatic carbocycles. The number of nitrogens with zero attached hydrogens (tertiary/aromatic N) is 3. The average Bonchev–Trinajstić information content (AvgIpc) is 3.04. The van der Waals surface area contributed by atoms with Crippen molar-refractivity contribution in [3.63, 3.8) is 0 Å². The molecular weight excluding hydrogens is 354 g/mol. The van der Waals surface area contributed by atoms with Crippen molar-refractivity contribution in [3.05, 3.63) is 52.7 Å². The Bertz CT molecular complexity index is 1010. The smallest absolute Gasteiger partial charge is 0.413 e. The lowest BCUT2D eigenvalue weighted by Gasteiger charge is -2.07. The number of ether oxygens (including phenoxy) is 2. The lowest BCUT2D eigenvalue weighted by Crippen LogP contribution is -2.20. The van der Waals surface area contributed by atoms with Crippen molar-refractivity contribution in [1.82, 2.24) is 19.5 Å². The third-order valence-corrected chi connectivity index (χ3v) is 3.53. The predicted molar refractivity (Wildman–Crippen MR) is 95.0 cm³/mol. The second-order valence-corrected chi connectivity index (χ2v) is 5.45. The molecule has 0 aliphatic heterocycles. The Balaban J connectivity index is 1.76. The molecule has 3 aromatic rings. The molecule has 10 heteroatoms. The molecule has 0 saturated carbocycles. The Labute approximate surface area is 153 Å². The number of carbonyl (C=O) groups excluding carboxylic acids is 2. The Morgan fingerprint density at radius 1 is 1.22 bits per heavy atom. The van der Waals surface area contributed by atoms with Crippen LogP contribution in [0.25, 0.3) is 11.2 Å². The van der Waals surface area contributed by atoms with Gasteiger partial charge < -0.3 is 14.0 Å². The largest absolute Gasteiger partial charge is 0.465 e. The van der Waals surface area contributed by atoms with Crippen LogP contribution in [0.15, 0.2) is 41.5 Å². The molecule has 2 heterocycles. The topological polar surface area (TPSA) is 128 Å². The highest BCUT2D eigenvalue weighted by Gasteiger charge is 2.16. The first-order chi connectivity index (χ1) is 13.1. The summed E-state index contributed by atoms with van der Waals surface area (Å²) in [5, 5.41) is 2.44. The monoisotopic (exact) mass is 371 g/mol. The molecule has 0 unspecified atom stereocenters. The number of amides is 1. The summed E-state index contributed by atoms with van der Waals surface area (Å²) in [7, 11) is 0. The standard InChI is InChI=1S/C17H17N5O5/c1-2-26-12(23)8-22-10-18-13-14(19-16(24)21-15(13)22)20-17(25)27-9-11-6-4-3-5-7-11/h3-7,10H,2,8-9H2,1H3,(H2,19,20,21,24,25). The van der Waals surface area contributed by atoms with E-state index in [0.29, 0.717) is 0 Å². The molecule has 0 aliphatic carbocycles. The highest BCUT2D eigenvalue weighted by Crippen LogP contribution is 2.16. The van der Waals surface area contributed by atoms with E-state index in [4.69, 9.17) is 9.47 Å². The van der Waals surface area contributed by atoms with Crippen molar-refractivity contribution in [2.75, 3.05) is 11.9 Å². The number of carbonyl (C=O) groups is 2. The number of rotatable bonds is 6. The summed E-state index contributed by atoms with van der Waals surface area (Å²) >= 11 is 0. The number of anilines is 1. The van der Waals surface area contributed by atoms with Crippen molar-refractivity contribution in [3.8, 4) is 0 Å². The van der Waals surface area contributed by atoms with Gasteiger partial charge in [-0.25, -0.2) is 14.6 Å². The van der Waals surface area contributed by atoms with Gasteiger partial charge in [0.1, 0.15) is 24.5 Å². The maximum atomic E-state index is 12.0. The number of H-pyrrole nitrogens is 1. The maximum Gasteiger partial charge on any atom is 0.413 e. The molecule has 0 bridgehead atoms. The summed E-state index contributed by atoms with van der Waals surface area (Å²) in [6.45, 7) is 1.84. The molecule has 0 atom stereocenters. The van der Waals surface area contributed by atoms with Gasteiger partial charge in [0.05, 0.1) is 12.9 Å². The van der Waals surface area contributed by atoms with Gasteiger partial charge >= 0.3 is 17.8 Å². The van der Waals surface area contributed by atoms with Crippen LogP contribution >= 0.6 is 0 Å². The van der Waals surface area contributed by atoms with E-state index in [2.05, 4.69) is 20.3 Å². The number of imidazole rings is 1. The third kappa shape index (κ3) is 4.48. The minimum Gasteiger partial charge on any atom is -0.465 e. The molecule has 27 heavy (non-hydrogen) atoms. The van der Waals surface area contributed by atoms with Gasteiger partial charge in [0.2, 0.25) is 0 Å². The highest BCUT2D eigenvalue weighted by atomic mass is 16.5. The maximum absolute atomic E-state index is 12.0. The molecule has 2 aromatic heterocycles. The average molecular weight is 371 g/mol. The van der Waals surface area contributed by atoms with Crippen LogP contribution in [0.5, 0.6) is 0 Å². The third-order valence-electron chi connectivity index (χ3n) is 3.53. The van der Waals surface area contributed by atoms with Crippen molar-refractivity contribution >= 4 is 29.0 Å². The first kappa shape index (κ1) is 18.1. The fourth-order valence-corrected chi connectivity index (χ4v) is 2.37. The molecule has 2 N–H and O–H groups in total. The normalized spacial score (nSPS) is 10.6. The van der Waals surface area contributed by atoms with Gasteiger partial charge in [0.25, 0.3) is 0 Å². The Morgan fingerprint density at radius 3 is 2.74 bits per heavy atom. The van der Waals surface area contributed by atoms with Gasteiger partial charge in [0, 0.05) is 0 Å². The summed E-state index contributed by atoms with van der Waals surface area (Å²) in [6.07, 6.45) is 0.574. The van der Waals surface area contributed by atoms with Crippen LogP contribution in [0, 0.1) is 0 Å². The van der Waals surface area contributed by atoms with Crippen molar-refractivity contribution < 1.29 is 19.1 Å². The first-order valence-electron chi connectivity index (χ1n) is 8.15. The molecule has 0 saturated heterocycles. The van der Waals surface area contributed by atoms with Crippen LogP contribution in [-0.2, 0) is 27.4 Å². The Morgan fingerprint density at radius 2 is 2.00 bits per heavy atom. The van der Waals surface area contributed by atoms with Crippen LogP contribution in [0.4, 0.5) is 10.6 Å². The fraction of sp³-hybridized carbons (Fsp3) is 0.235. The van der Waals surface area contributed by atoms with E-state index in [0.717, 1.165) is 5.56 Å². The van der Waals surface area contributed by atoms with Gasteiger partial charge in [-0.15, -0.1) is 0 Å². The Kier molecular flexibility index (Phi) is 5.45. The van der Waals surface area contributed by atoms with E-state index in [1.54, 1.807) is 6.92 Å². The molecule has 3 rings (SSSR count). The number of esters is 1. The number of nitrogens with one attached hydrogen (secondary N) is 2. The molecular formula is C17H17N5O5. The zero-order valence-corrected chi connectivity index (χ0v) is 14.5. The SMILES string of the molecule is CCOC(=O)Cn1cnc2c(NC(=O)OCc3ccccc3)[nH]c(=O)nc21. The van der Waals surface area contributed by atoms with E-state index in [-0.39, 0.29) is 36.7 Å². The van der Waals surface area contributed by atoms with Crippen LogP contribution in [-0.4, -0.2) is 38.2 Å². The summed E-state index contributed by atoms with van der Waals surface area (Å²) in [4.78, 5) is 45.8. The number of hydrogen-bond donors (Lipinski definition) is 2. The summed E-state index contributed by atoms with van der Waals surface area (Å²) < 4.78 is 11.4. The molecule has 10 nitrogen and oxygen atoms in total. The van der Waals surface area contributed by atoms with E-state index < -0.39 is 17.8 Å². The van der Waals surface area contributed by atoms with Gasteiger partial charge in [-0.05, 0) is 12.5 Å². The Hall–Kier alpha value is -3.69. The number of benzene rings is 1. The van der Waals surface area contributed by atoms with Crippen molar-refractivity contribution in [2.45, 2.75) is 20.1 Å². The van der Waals surface area contributed by atoms with E-state index >= 15 is 0 Å². The van der Waals surface area contributed by atoms with E-state index in [9.17, 15) is 14.4 Å². The summed E-state index contributed by atoms with van der Waals surface area (Å²) in [6, 6.07) is 9.15. The minimum atomic E-state index is -0.762. The molecule has 1 amide bonds. The first-order valence-corrected chi connectivity index (χ1v) is 8.15. The van der Waals surface area contributed by atoms with Crippen molar-refractivity contribution in [1.29, 1.82) is 0 Å². The number of aromatic nitrogens is 4. The lowest BCUT2D eigenvalue weighted by atomic mass is 10.2. The molecule has 0 aliphatic rings. The number of hydrogen-bond acceptors (Lipinski definition) is 7. The second kappa shape index (κ2) is 8.13. The number of aromatic amines is 1. The minimum absolute atomic E-state index is 0.0330. The van der Waals surface area contributed by atoms with Crippen LogP contribution in [0.1, 0.15) is 12.5 Å². The van der Waals surface area contributed by atoms with Gasteiger partial charge in [-0.2, -0.15) is 4.98 Å². The zero-order valence-electron chi connectivity index (χ0n) is 14.5. The van der Waals surface area contributed by atoms with Gasteiger partial charge in [0.15, 0.2) is 5.65 Å². The van der Waals surface area contributed by atoms with E-state index in [1.807, 2.05) is 30.3 Å². The fourth-order valence-electron chi connectivity index (χ4n) is 2.37.